The average Bonchev–Trinajstić information content (AvgIpc) is 3.16. The van der Waals surface area contributed by atoms with E-state index in [0.29, 0.717) is 22.0 Å². The highest BCUT2D eigenvalue weighted by molar-refractivity contribution is 6.36. The predicted molar refractivity (Wildman–Crippen MR) is 66.5 cm³/mol. The number of halogens is 2. The largest absolute Gasteiger partial charge is 0.323 e. The van der Waals surface area contributed by atoms with Crippen LogP contribution < -0.4 is 11.3 Å². The minimum absolute atomic E-state index is 0.287. The van der Waals surface area contributed by atoms with Gasteiger partial charge in [0, 0.05) is 17.0 Å². The number of nitrogens with zero attached hydrogens (tertiary/aromatic N) is 1. The zero-order chi connectivity index (χ0) is 12.0. The van der Waals surface area contributed by atoms with E-state index in [1.165, 1.54) is 12.1 Å². The van der Waals surface area contributed by atoms with Crippen molar-refractivity contribution in [3.8, 4) is 0 Å². The lowest BCUT2D eigenvalue weighted by molar-refractivity contribution is 0.636. The Hall–Kier alpha value is -1.39. The van der Waals surface area contributed by atoms with Gasteiger partial charge in [-0.25, -0.2) is 9.37 Å². The molecule has 1 aliphatic rings. The van der Waals surface area contributed by atoms with E-state index in [9.17, 15) is 4.39 Å². The Labute approximate surface area is 103 Å². The monoisotopic (exact) mass is 251 g/mol. The Kier molecular flexibility index (Phi) is 2.42. The number of nitrogens with two attached hydrogens (primary N) is 1. The molecule has 0 bridgehead atoms. The van der Waals surface area contributed by atoms with Gasteiger partial charge in [0.25, 0.3) is 0 Å². The minimum Gasteiger partial charge on any atom is -0.323 e. The van der Waals surface area contributed by atoms with Gasteiger partial charge in [0.1, 0.15) is 11.3 Å². The van der Waals surface area contributed by atoms with Gasteiger partial charge in [0.2, 0.25) is 0 Å². The van der Waals surface area contributed by atoms with Crippen molar-refractivity contribution < 1.29 is 4.39 Å². The first-order valence-corrected chi connectivity index (χ1v) is 5.84. The van der Waals surface area contributed by atoms with E-state index in [1.54, 1.807) is 0 Å². The summed E-state index contributed by atoms with van der Waals surface area (Å²) in [5, 5.41) is 0.989. The van der Waals surface area contributed by atoms with Crippen LogP contribution in [0.15, 0.2) is 18.2 Å². The summed E-state index contributed by atoms with van der Waals surface area (Å²) in [4.78, 5) is 4.35. The van der Waals surface area contributed by atoms with Crippen LogP contribution in [0.1, 0.15) is 24.5 Å². The summed E-state index contributed by atoms with van der Waals surface area (Å²) < 4.78 is 13.8. The van der Waals surface area contributed by atoms with Crippen molar-refractivity contribution in [1.82, 2.24) is 4.98 Å². The lowest BCUT2D eigenvalue weighted by atomic mass is 10.1. The van der Waals surface area contributed by atoms with Gasteiger partial charge in [-0.05, 0) is 31.0 Å². The third kappa shape index (κ3) is 1.73. The topological polar surface area (TPSA) is 50.9 Å². The average molecular weight is 252 g/mol. The van der Waals surface area contributed by atoms with E-state index in [2.05, 4.69) is 10.4 Å². The van der Waals surface area contributed by atoms with Crippen molar-refractivity contribution in [1.29, 1.82) is 0 Å². The fourth-order valence-electron chi connectivity index (χ4n) is 1.99. The third-order valence-corrected chi connectivity index (χ3v) is 3.35. The molecule has 0 radical (unpaired) electrons. The Morgan fingerprint density at radius 1 is 1.41 bits per heavy atom. The van der Waals surface area contributed by atoms with Crippen molar-refractivity contribution in [3.05, 3.63) is 34.7 Å². The molecule has 0 spiro atoms. The molecule has 88 valence electrons. The summed E-state index contributed by atoms with van der Waals surface area (Å²) in [6, 6.07) is 4.69. The number of nitrogen functional groups attached to an aromatic ring is 1. The second-order valence-electron chi connectivity index (χ2n) is 4.27. The van der Waals surface area contributed by atoms with Gasteiger partial charge in [-0.3, -0.25) is 5.84 Å². The molecule has 3 N–H and O–H groups in total. The maximum atomic E-state index is 13.8. The van der Waals surface area contributed by atoms with Crippen LogP contribution in [0.3, 0.4) is 0 Å². The van der Waals surface area contributed by atoms with E-state index < -0.39 is 0 Å². The molecule has 3 rings (SSSR count). The molecule has 1 aromatic carbocycles. The summed E-state index contributed by atoms with van der Waals surface area (Å²) in [7, 11) is 0. The van der Waals surface area contributed by atoms with Crippen molar-refractivity contribution >= 4 is 28.2 Å². The van der Waals surface area contributed by atoms with Crippen molar-refractivity contribution in [2.45, 2.75) is 18.8 Å². The molecule has 17 heavy (non-hydrogen) atoms. The number of fused-ring (bicyclic) bond motifs is 1. The van der Waals surface area contributed by atoms with Gasteiger partial charge in [0.15, 0.2) is 0 Å². The van der Waals surface area contributed by atoms with E-state index in [4.69, 9.17) is 17.4 Å². The molecule has 1 fully saturated rings. The molecule has 0 amide bonds. The molecule has 1 saturated carbocycles. The number of rotatable bonds is 2. The number of hydrogen-bond acceptors (Lipinski definition) is 3. The highest BCUT2D eigenvalue weighted by Crippen LogP contribution is 2.42. The van der Waals surface area contributed by atoms with Gasteiger partial charge in [0.05, 0.1) is 10.7 Å². The van der Waals surface area contributed by atoms with E-state index in [0.717, 1.165) is 18.5 Å². The first-order valence-electron chi connectivity index (χ1n) is 5.46. The normalized spacial score (nSPS) is 15.2. The maximum absolute atomic E-state index is 13.8. The van der Waals surface area contributed by atoms with E-state index in [-0.39, 0.29) is 11.3 Å². The third-order valence-electron chi connectivity index (χ3n) is 3.03. The summed E-state index contributed by atoms with van der Waals surface area (Å²) in [6.45, 7) is 0. The molecule has 1 heterocycles. The highest BCUT2D eigenvalue weighted by atomic mass is 35.5. The van der Waals surface area contributed by atoms with Gasteiger partial charge >= 0.3 is 0 Å². The Balaban J connectivity index is 2.35. The zero-order valence-corrected chi connectivity index (χ0v) is 9.76. The fraction of sp³-hybridized carbons (Fsp3) is 0.250. The standard InChI is InChI=1S/C12H11ClFN3/c13-7-3-4-8(14)12-11(7)10(17-15)5-9(16-12)6-1-2-6/h3-6H,1-2,15H2,(H,16,17). The quantitative estimate of drug-likeness (QED) is 0.637. The van der Waals surface area contributed by atoms with Crippen LogP contribution in [0.4, 0.5) is 10.1 Å². The van der Waals surface area contributed by atoms with Gasteiger partial charge in [-0.1, -0.05) is 11.6 Å². The van der Waals surface area contributed by atoms with Gasteiger partial charge in [-0.15, -0.1) is 0 Å². The van der Waals surface area contributed by atoms with Crippen LogP contribution >= 0.6 is 11.6 Å². The number of pyridine rings is 1. The van der Waals surface area contributed by atoms with Crippen LogP contribution in [0.25, 0.3) is 10.9 Å². The molecule has 1 aliphatic carbocycles. The molecule has 5 heteroatoms. The molecule has 0 unspecified atom stereocenters. The number of nitrogens with one attached hydrogen (secondary N) is 1. The smallest absolute Gasteiger partial charge is 0.149 e. The molecule has 2 aromatic rings. The Bertz CT molecular complexity index is 596. The molecular formula is C12H11ClFN3. The van der Waals surface area contributed by atoms with Crippen LogP contribution in [-0.2, 0) is 0 Å². The lowest BCUT2D eigenvalue weighted by Crippen LogP contribution is -2.09. The van der Waals surface area contributed by atoms with Crippen LogP contribution in [0.2, 0.25) is 5.02 Å². The predicted octanol–water partition coefficient (Wildman–Crippen LogP) is 3.19. The van der Waals surface area contributed by atoms with Crippen LogP contribution in [-0.4, -0.2) is 4.98 Å². The van der Waals surface area contributed by atoms with Gasteiger partial charge < -0.3 is 5.43 Å². The minimum atomic E-state index is -0.372. The molecule has 1 aromatic heterocycles. The number of benzene rings is 1. The second-order valence-corrected chi connectivity index (χ2v) is 4.67. The van der Waals surface area contributed by atoms with Gasteiger partial charge in [-0.2, -0.15) is 0 Å². The van der Waals surface area contributed by atoms with Crippen LogP contribution in [0, 0.1) is 5.82 Å². The SMILES string of the molecule is NNc1cc(C2CC2)nc2c(F)ccc(Cl)c12. The summed E-state index contributed by atoms with van der Waals surface area (Å²) in [5.41, 5.74) is 4.36. The zero-order valence-electron chi connectivity index (χ0n) is 9.00. The van der Waals surface area contributed by atoms with Crippen molar-refractivity contribution in [2.75, 3.05) is 5.43 Å². The summed E-state index contributed by atoms with van der Waals surface area (Å²) in [5.74, 6) is 5.53. The van der Waals surface area contributed by atoms with Crippen molar-refractivity contribution in [3.63, 3.8) is 0 Å². The number of aromatic nitrogens is 1. The molecule has 0 atom stereocenters. The summed E-state index contributed by atoms with van der Waals surface area (Å²) in [6.07, 6.45) is 2.20. The molecule has 3 nitrogen and oxygen atoms in total. The first-order chi connectivity index (χ1) is 8.20. The van der Waals surface area contributed by atoms with Crippen molar-refractivity contribution in [2.24, 2.45) is 5.84 Å². The number of hydrazine groups is 1. The Morgan fingerprint density at radius 2 is 2.18 bits per heavy atom. The highest BCUT2D eigenvalue weighted by Gasteiger charge is 2.26. The molecule has 0 saturated heterocycles. The van der Waals surface area contributed by atoms with E-state index in [1.807, 2.05) is 6.07 Å². The maximum Gasteiger partial charge on any atom is 0.149 e. The molecule has 0 aliphatic heterocycles. The van der Waals surface area contributed by atoms with E-state index >= 15 is 0 Å². The lowest BCUT2D eigenvalue weighted by Gasteiger charge is -2.10. The summed E-state index contributed by atoms with van der Waals surface area (Å²) >= 11 is 6.06. The number of anilines is 1. The fourth-order valence-corrected chi connectivity index (χ4v) is 2.24. The first kappa shape index (κ1) is 10.7. The Morgan fingerprint density at radius 3 is 2.82 bits per heavy atom. The molecular weight excluding hydrogens is 241 g/mol. The second kappa shape index (κ2) is 3.82. The number of hydrogen-bond donors (Lipinski definition) is 2. The van der Waals surface area contributed by atoms with Crippen LogP contribution in [0.5, 0.6) is 0 Å².